The first-order valence-electron chi connectivity index (χ1n) is 8.66. The lowest BCUT2D eigenvalue weighted by Gasteiger charge is -2.27. The molecule has 2 aliphatic rings. The Balaban J connectivity index is 1.69. The standard InChI is InChI=1S/C18H20FN5/c19-14-11-13(12-20)7-8-15(14)23-10-4-5-16(23)18-22-21-17-6-2-1-3-9-24(17)18/h7-8,11,16H,1-6,9-10H2/t16-/m1/s1. The van der Waals surface area contributed by atoms with E-state index in [1.54, 1.807) is 12.1 Å². The summed E-state index contributed by atoms with van der Waals surface area (Å²) in [5.74, 6) is 1.69. The second-order valence-electron chi connectivity index (χ2n) is 6.57. The van der Waals surface area contributed by atoms with Crippen LogP contribution in [0.5, 0.6) is 0 Å². The third kappa shape index (κ3) is 2.54. The van der Waals surface area contributed by atoms with Crippen LogP contribution >= 0.6 is 0 Å². The number of halogens is 1. The van der Waals surface area contributed by atoms with Crippen molar-refractivity contribution in [2.24, 2.45) is 0 Å². The Kier molecular flexibility index (Phi) is 3.93. The molecule has 24 heavy (non-hydrogen) atoms. The fraction of sp³-hybridized carbons (Fsp3) is 0.500. The minimum atomic E-state index is -0.337. The van der Waals surface area contributed by atoms with Gasteiger partial charge in [0.25, 0.3) is 0 Å². The summed E-state index contributed by atoms with van der Waals surface area (Å²) < 4.78 is 16.7. The Labute approximate surface area is 140 Å². The van der Waals surface area contributed by atoms with Crippen LogP contribution < -0.4 is 4.90 Å². The largest absolute Gasteiger partial charge is 0.359 e. The van der Waals surface area contributed by atoms with E-state index < -0.39 is 0 Å². The lowest BCUT2D eigenvalue weighted by molar-refractivity contribution is 0.552. The van der Waals surface area contributed by atoms with Crippen LogP contribution in [0.15, 0.2) is 18.2 Å². The van der Waals surface area contributed by atoms with Crippen LogP contribution in [0, 0.1) is 17.1 Å². The van der Waals surface area contributed by atoms with Gasteiger partial charge in [0.15, 0.2) is 5.82 Å². The minimum Gasteiger partial charge on any atom is -0.359 e. The zero-order chi connectivity index (χ0) is 16.5. The summed E-state index contributed by atoms with van der Waals surface area (Å²) in [5.41, 5.74) is 0.908. The normalized spacial score (nSPS) is 20.5. The molecule has 0 bridgehead atoms. The fourth-order valence-electron chi connectivity index (χ4n) is 3.89. The lowest BCUT2D eigenvalue weighted by atomic mass is 10.1. The number of aromatic nitrogens is 3. The van der Waals surface area contributed by atoms with Gasteiger partial charge in [-0.15, -0.1) is 10.2 Å². The second kappa shape index (κ2) is 6.23. The van der Waals surface area contributed by atoms with E-state index in [0.717, 1.165) is 56.8 Å². The van der Waals surface area contributed by atoms with Crippen molar-refractivity contribution in [3.63, 3.8) is 0 Å². The Morgan fingerprint density at radius 3 is 2.88 bits per heavy atom. The molecule has 2 aromatic rings. The number of benzene rings is 1. The van der Waals surface area contributed by atoms with Crippen LogP contribution in [0.1, 0.15) is 55.4 Å². The quantitative estimate of drug-likeness (QED) is 0.849. The first-order valence-corrected chi connectivity index (χ1v) is 8.66. The zero-order valence-corrected chi connectivity index (χ0v) is 13.6. The molecular weight excluding hydrogens is 305 g/mol. The predicted octanol–water partition coefficient (Wildman–Crippen LogP) is 3.36. The number of fused-ring (bicyclic) bond motifs is 1. The Bertz CT molecular complexity index is 791. The van der Waals surface area contributed by atoms with Gasteiger partial charge in [0.05, 0.1) is 23.4 Å². The highest BCUT2D eigenvalue weighted by atomic mass is 19.1. The number of nitriles is 1. The molecule has 0 spiro atoms. The van der Waals surface area contributed by atoms with Gasteiger partial charge in [-0.2, -0.15) is 5.26 Å². The highest BCUT2D eigenvalue weighted by Crippen LogP contribution is 2.37. The van der Waals surface area contributed by atoms with Crippen molar-refractivity contribution >= 4 is 5.69 Å². The molecule has 1 fully saturated rings. The van der Waals surface area contributed by atoms with Crippen LogP contribution in [0.2, 0.25) is 0 Å². The van der Waals surface area contributed by atoms with E-state index in [-0.39, 0.29) is 11.9 Å². The topological polar surface area (TPSA) is 57.7 Å². The van der Waals surface area contributed by atoms with E-state index in [2.05, 4.69) is 19.7 Å². The summed E-state index contributed by atoms with van der Waals surface area (Å²) in [6.07, 6.45) is 6.48. The highest BCUT2D eigenvalue weighted by Gasteiger charge is 2.32. The van der Waals surface area contributed by atoms with Crippen molar-refractivity contribution in [1.82, 2.24) is 14.8 Å². The van der Waals surface area contributed by atoms with Crippen molar-refractivity contribution in [3.8, 4) is 6.07 Å². The average Bonchev–Trinajstić information content (AvgIpc) is 3.15. The molecule has 1 aromatic heterocycles. The Morgan fingerprint density at radius 2 is 2.04 bits per heavy atom. The van der Waals surface area contributed by atoms with E-state index in [4.69, 9.17) is 5.26 Å². The first kappa shape index (κ1) is 15.1. The molecule has 1 atom stereocenters. The lowest BCUT2D eigenvalue weighted by Crippen LogP contribution is -2.26. The molecule has 124 valence electrons. The summed E-state index contributed by atoms with van der Waals surface area (Å²) in [5, 5.41) is 17.8. The maximum Gasteiger partial charge on any atom is 0.155 e. The molecule has 0 unspecified atom stereocenters. The van der Waals surface area contributed by atoms with Crippen molar-refractivity contribution in [1.29, 1.82) is 5.26 Å². The van der Waals surface area contributed by atoms with Crippen LogP contribution in [0.3, 0.4) is 0 Å². The predicted molar refractivity (Wildman–Crippen MR) is 88.0 cm³/mol. The number of hydrogen-bond donors (Lipinski definition) is 0. The van der Waals surface area contributed by atoms with E-state index in [1.165, 1.54) is 12.5 Å². The third-order valence-corrected chi connectivity index (χ3v) is 5.08. The summed E-state index contributed by atoms with van der Waals surface area (Å²) in [6.45, 7) is 1.76. The molecule has 3 heterocycles. The summed E-state index contributed by atoms with van der Waals surface area (Å²) >= 11 is 0. The molecule has 1 saturated heterocycles. The van der Waals surface area contributed by atoms with Gasteiger partial charge in [0.2, 0.25) is 0 Å². The van der Waals surface area contributed by atoms with Crippen molar-refractivity contribution in [2.45, 2.75) is 51.1 Å². The summed E-state index contributed by atoms with van der Waals surface area (Å²) in [7, 11) is 0. The maximum atomic E-state index is 14.5. The van der Waals surface area contributed by atoms with Gasteiger partial charge in [-0.05, 0) is 43.9 Å². The molecule has 0 aliphatic carbocycles. The highest BCUT2D eigenvalue weighted by molar-refractivity contribution is 5.53. The Morgan fingerprint density at radius 1 is 1.12 bits per heavy atom. The van der Waals surface area contributed by atoms with E-state index >= 15 is 0 Å². The van der Waals surface area contributed by atoms with Crippen LogP contribution in [-0.2, 0) is 13.0 Å². The average molecular weight is 325 g/mol. The first-order chi connectivity index (χ1) is 11.8. The number of hydrogen-bond acceptors (Lipinski definition) is 4. The number of aryl methyl sites for hydroxylation is 1. The van der Waals surface area contributed by atoms with Gasteiger partial charge >= 0.3 is 0 Å². The van der Waals surface area contributed by atoms with Gasteiger partial charge in [-0.3, -0.25) is 0 Å². The molecule has 6 heteroatoms. The van der Waals surface area contributed by atoms with Gasteiger partial charge in [-0.1, -0.05) is 6.42 Å². The van der Waals surface area contributed by atoms with E-state index in [9.17, 15) is 4.39 Å². The fourth-order valence-corrected chi connectivity index (χ4v) is 3.89. The van der Waals surface area contributed by atoms with E-state index in [1.807, 2.05) is 6.07 Å². The molecule has 0 amide bonds. The van der Waals surface area contributed by atoms with E-state index in [0.29, 0.717) is 11.3 Å². The van der Waals surface area contributed by atoms with Crippen molar-refractivity contribution in [3.05, 3.63) is 41.2 Å². The summed E-state index contributed by atoms with van der Waals surface area (Å²) in [4.78, 5) is 2.08. The third-order valence-electron chi connectivity index (χ3n) is 5.08. The maximum absolute atomic E-state index is 14.5. The van der Waals surface area contributed by atoms with Gasteiger partial charge in [0.1, 0.15) is 11.6 Å². The summed E-state index contributed by atoms with van der Waals surface area (Å²) in [6, 6.07) is 6.76. The zero-order valence-electron chi connectivity index (χ0n) is 13.6. The van der Waals surface area contributed by atoms with Crippen molar-refractivity contribution in [2.75, 3.05) is 11.4 Å². The molecular formula is C18H20FN5. The molecule has 1 aromatic carbocycles. The smallest absolute Gasteiger partial charge is 0.155 e. The minimum absolute atomic E-state index is 0.0618. The van der Waals surface area contributed by atoms with Gasteiger partial charge in [-0.25, -0.2) is 4.39 Å². The number of rotatable bonds is 2. The SMILES string of the molecule is N#Cc1ccc(N2CCC[C@@H]2c2nnc3n2CCCCC3)c(F)c1. The van der Waals surface area contributed by atoms with Gasteiger partial charge < -0.3 is 9.47 Å². The van der Waals surface area contributed by atoms with Crippen LogP contribution in [0.4, 0.5) is 10.1 Å². The number of anilines is 1. The van der Waals surface area contributed by atoms with Gasteiger partial charge in [0, 0.05) is 19.5 Å². The van der Waals surface area contributed by atoms with Crippen LogP contribution in [-0.4, -0.2) is 21.3 Å². The Hall–Kier alpha value is -2.42. The molecule has 5 nitrogen and oxygen atoms in total. The molecule has 0 radical (unpaired) electrons. The number of nitrogens with zero attached hydrogens (tertiary/aromatic N) is 5. The second-order valence-corrected chi connectivity index (χ2v) is 6.57. The van der Waals surface area contributed by atoms with Crippen LogP contribution in [0.25, 0.3) is 0 Å². The molecule has 4 rings (SSSR count). The molecule has 0 saturated carbocycles. The molecule has 0 N–H and O–H groups in total. The monoisotopic (exact) mass is 325 g/mol. The molecule has 2 aliphatic heterocycles. The van der Waals surface area contributed by atoms with Crippen molar-refractivity contribution < 1.29 is 4.39 Å².